The molecular formula is C13H13ClFNO3. The Kier molecular flexibility index (Phi) is 3.75. The van der Waals surface area contributed by atoms with E-state index >= 15 is 0 Å². The third-order valence-electron chi connectivity index (χ3n) is 3.53. The largest absolute Gasteiger partial charge is 0.481 e. The van der Waals surface area contributed by atoms with E-state index in [0.717, 1.165) is 12.5 Å². The number of benzene rings is 1. The molecule has 6 heteroatoms. The summed E-state index contributed by atoms with van der Waals surface area (Å²) in [5, 5.41) is 11.8. The standard InChI is InChI=1S/C13H13ClFNO3/c14-8-2-3-9(10(15)6-8)11(17)16-7-13(12(18)19)4-1-5-13/h2-3,6H,1,4-5,7H2,(H,16,17)(H,18,19). The lowest BCUT2D eigenvalue weighted by molar-refractivity contribution is -0.153. The Morgan fingerprint density at radius 1 is 1.42 bits per heavy atom. The van der Waals surface area contributed by atoms with Gasteiger partial charge in [0.1, 0.15) is 5.82 Å². The second-order valence-electron chi connectivity index (χ2n) is 4.75. The maximum Gasteiger partial charge on any atom is 0.311 e. The number of halogens is 2. The Labute approximate surface area is 114 Å². The van der Waals surface area contributed by atoms with Crippen molar-refractivity contribution in [3.05, 3.63) is 34.6 Å². The van der Waals surface area contributed by atoms with Crippen molar-refractivity contribution in [1.29, 1.82) is 0 Å². The van der Waals surface area contributed by atoms with Crippen LogP contribution in [0.1, 0.15) is 29.6 Å². The molecule has 2 rings (SSSR count). The van der Waals surface area contributed by atoms with Crippen LogP contribution in [0.5, 0.6) is 0 Å². The van der Waals surface area contributed by atoms with E-state index in [2.05, 4.69) is 5.32 Å². The average molecular weight is 286 g/mol. The molecule has 0 atom stereocenters. The predicted molar refractivity (Wildman–Crippen MR) is 67.7 cm³/mol. The highest BCUT2D eigenvalue weighted by atomic mass is 35.5. The molecule has 0 unspecified atom stereocenters. The highest BCUT2D eigenvalue weighted by molar-refractivity contribution is 6.30. The molecule has 1 aromatic carbocycles. The van der Waals surface area contributed by atoms with Gasteiger partial charge in [-0.3, -0.25) is 9.59 Å². The number of hydrogen-bond donors (Lipinski definition) is 2. The SMILES string of the molecule is O=C(NCC1(C(=O)O)CCC1)c1ccc(Cl)cc1F. The summed E-state index contributed by atoms with van der Waals surface area (Å²) in [5.41, 5.74) is -1.03. The van der Waals surface area contributed by atoms with Crippen LogP contribution >= 0.6 is 11.6 Å². The molecule has 19 heavy (non-hydrogen) atoms. The van der Waals surface area contributed by atoms with Gasteiger partial charge >= 0.3 is 5.97 Å². The van der Waals surface area contributed by atoms with Gasteiger partial charge in [-0.25, -0.2) is 4.39 Å². The van der Waals surface area contributed by atoms with Crippen LogP contribution in [0.3, 0.4) is 0 Å². The molecule has 1 saturated carbocycles. The van der Waals surface area contributed by atoms with Gasteiger partial charge in [-0.15, -0.1) is 0 Å². The highest BCUT2D eigenvalue weighted by Gasteiger charge is 2.44. The monoisotopic (exact) mass is 285 g/mol. The third-order valence-corrected chi connectivity index (χ3v) is 3.76. The second kappa shape index (κ2) is 5.17. The molecule has 2 N–H and O–H groups in total. The quantitative estimate of drug-likeness (QED) is 0.893. The molecule has 4 nitrogen and oxygen atoms in total. The summed E-state index contributed by atoms with van der Waals surface area (Å²) in [4.78, 5) is 22.9. The lowest BCUT2D eigenvalue weighted by Gasteiger charge is -2.37. The number of aliphatic carboxylic acids is 1. The van der Waals surface area contributed by atoms with Crippen LogP contribution in [0.2, 0.25) is 5.02 Å². The molecule has 0 aliphatic heterocycles. The van der Waals surface area contributed by atoms with Crippen molar-refractivity contribution >= 4 is 23.5 Å². The van der Waals surface area contributed by atoms with E-state index < -0.39 is 23.1 Å². The lowest BCUT2D eigenvalue weighted by Crippen LogP contribution is -2.47. The zero-order chi connectivity index (χ0) is 14.0. The maximum atomic E-state index is 13.5. The van der Waals surface area contributed by atoms with Crippen molar-refractivity contribution in [2.75, 3.05) is 6.54 Å². The number of carboxylic acids is 1. The number of carbonyl (C=O) groups is 2. The van der Waals surface area contributed by atoms with Crippen molar-refractivity contribution in [3.8, 4) is 0 Å². The Morgan fingerprint density at radius 3 is 2.58 bits per heavy atom. The van der Waals surface area contributed by atoms with Gasteiger partial charge in [0.25, 0.3) is 5.91 Å². The number of amides is 1. The van der Waals surface area contributed by atoms with E-state index in [1.54, 1.807) is 0 Å². The molecule has 1 aliphatic rings. The summed E-state index contributed by atoms with van der Waals surface area (Å²) in [6.07, 6.45) is 1.90. The number of hydrogen-bond acceptors (Lipinski definition) is 2. The summed E-state index contributed by atoms with van der Waals surface area (Å²) in [7, 11) is 0. The summed E-state index contributed by atoms with van der Waals surface area (Å²) in [6.45, 7) is 0.0171. The zero-order valence-electron chi connectivity index (χ0n) is 10.1. The van der Waals surface area contributed by atoms with E-state index in [1.165, 1.54) is 12.1 Å². The van der Waals surface area contributed by atoms with Crippen LogP contribution in [-0.4, -0.2) is 23.5 Å². The van der Waals surface area contributed by atoms with Crippen LogP contribution in [0, 0.1) is 11.2 Å². The van der Waals surface area contributed by atoms with Gasteiger partial charge < -0.3 is 10.4 Å². The highest BCUT2D eigenvalue weighted by Crippen LogP contribution is 2.40. The van der Waals surface area contributed by atoms with Crippen LogP contribution in [0.15, 0.2) is 18.2 Å². The van der Waals surface area contributed by atoms with Crippen LogP contribution < -0.4 is 5.32 Å². The van der Waals surface area contributed by atoms with Gasteiger partial charge in [-0.2, -0.15) is 0 Å². The Balaban J connectivity index is 2.03. The Morgan fingerprint density at radius 2 is 2.11 bits per heavy atom. The topological polar surface area (TPSA) is 66.4 Å². The molecule has 0 bridgehead atoms. The summed E-state index contributed by atoms with van der Waals surface area (Å²) < 4.78 is 13.5. The van der Waals surface area contributed by atoms with Crippen LogP contribution in [-0.2, 0) is 4.79 Å². The Bertz CT molecular complexity index is 529. The molecule has 1 fully saturated rings. The number of nitrogens with one attached hydrogen (secondary N) is 1. The molecule has 0 heterocycles. The van der Waals surface area contributed by atoms with Crippen LogP contribution in [0.25, 0.3) is 0 Å². The second-order valence-corrected chi connectivity index (χ2v) is 5.18. The summed E-state index contributed by atoms with van der Waals surface area (Å²) in [6, 6.07) is 3.74. The smallest absolute Gasteiger partial charge is 0.311 e. The van der Waals surface area contributed by atoms with Crippen molar-refractivity contribution < 1.29 is 19.1 Å². The first kappa shape index (κ1) is 13.8. The maximum absolute atomic E-state index is 13.5. The summed E-state index contributed by atoms with van der Waals surface area (Å²) in [5.74, 6) is -2.26. The van der Waals surface area contributed by atoms with Gasteiger partial charge in [0.2, 0.25) is 0 Å². The molecule has 102 valence electrons. The van der Waals surface area contributed by atoms with Crippen molar-refractivity contribution in [3.63, 3.8) is 0 Å². The van der Waals surface area contributed by atoms with Gasteiger partial charge in [0.15, 0.2) is 0 Å². The molecule has 1 amide bonds. The molecular weight excluding hydrogens is 273 g/mol. The molecule has 0 spiro atoms. The van der Waals surface area contributed by atoms with E-state index in [4.69, 9.17) is 16.7 Å². The average Bonchev–Trinajstić information content (AvgIpc) is 2.26. The Hall–Kier alpha value is -1.62. The first-order chi connectivity index (χ1) is 8.94. The van der Waals surface area contributed by atoms with Crippen molar-refractivity contribution in [2.45, 2.75) is 19.3 Å². The number of rotatable bonds is 4. The van der Waals surface area contributed by atoms with E-state index in [1.807, 2.05) is 0 Å². The fourth-order valence-corrected chi connectivity index (χ4v) is 2.25. The minimum atomic E-state index is -0.921. The molecule has 0 saturated heterocycles. The van der Waals surface area contributed by atoms with E-state index in [0.29, 0.717) is 12.8 Å². The molecule has 0 radical (unpaired) electrons. The predicted octanol–water partition coefficient (Wildman–Crippen LogP) is 2.46. The minimum Gasteiger partial charge on any atom is -0.481 e. The fourth-order valence-electron chi connectivity index (χ4n) is 2.09. The van der Waals surface area contributed by atoms with Crippen molar-refractivity contribution in [2.24, 2.45) is 5.41 Å². The third kappa shape index (κ3) is 2.71. The first-order valence-corrected chi connectivity index (χ1v) is 6.29. The summed E-state index contributed by atoms with van der Waals surface area (Å²) >= 11 is 5.60. The van der Waals surface area contributed by atoms with Gasteiger partial charge in [0.05, 0.1) is 11.0 Å². The molecule has 0 aromatic heterocycles. The first-order valence-electron chi connectivity index (χ1n) is 5.91. The molecule has 1 aromatic rings. The van der Waals surface area contributed by atoms with Gasteiger partial charge in [-0.1, -0.05) is 18.0 Å². The number of carbonyl (C=O) groups excluding carboxylic acids is 1. The van der Waals surface area contributed by atoms with Gasteiger partial charge in [-0.05, 0) is 31.0 Å². The lowest BCUT2D eigenvalue weighted by atomic mass is 9.69. The minimum absolute atomic E-state index is 0.0171. The van der Waals surface area contributed by atoms with Gasteiger partial charge in [0, 0.05) is 11.6 Å². The van der Waals surface area contributed by atoms with Crippen molar-refractivity contribution in [1.82, 2.24) is 5.32 Å². The normalized spacial score (nSPS) is 16.5. The van der Waals surface area contributed by atoms with Crippen LogP contribution in [0.4, 0.5) is 4.39 Å². The fraction of sp³-hybridized carbons (Fsp3) is 0.385. The van der Waals surface area contributed by atoms with E-state index in [9.17, 15) is 14.0 Å². The zero-order valence-corrected chi connectivity index (χ0v) is 10.8. The number of carboxylic acid groups (broad SMARTS) is 1. The van der Waals surface area contributed by atoms with E-state index in [-0.39, 0.29) is 17.1 Å². The molecule has 1 aliphatic carbocycles.